The van der Waals surface area contributed by atoms with Crippen LogP contribution in [0.2, 0.25) is 0 Å². The van der Waals surface area contributed by atoms with Crippen LogP contribution in [0.25, 0.3) is 0 Å². The summed E-state index contributed by atoms with van der Waals surface area (Å²) in [6.07, 6.45) is 3.87. The summed E-state index contributed by atoms with van der Waals surface area (Å²) in [6.45, 7) is 11.8. The van der Waals surface area contributed by atoms with Gasteiger partial charge in [-0.15, -0.1) is 0 Å². The first kappa shape index (κ1) is 21.7. The molecule has 1 atom stereocenters. The number of nitrogens with one attached hydrogen (secondary N) is 2. The molecule has 1 heterocycles. The zero-order chi connectivity index (χ0) is 19.9. The van der Waals surface area contributed by atoms with Crippen molar-refractivity contribution in [2.24, 2.45) is 10.9 Å². The molecule has 2 rings (SSSR count). The summed E-state index contributed by atoms with van der Waals surface area (Å²) in [7, 11) is -3.18. The summed E-state index contributed by atoms with van der Waals surface area (Å²) in [5.41, 5.74) is 1.77. The van der Waals surface area contributed by atoms with Crippen LogP contribution in [-0.4, -0.2) is 58.3 Å². The van der Waals surface area contributed by atoms with Crippen LogP contribution >= 0.6 is 0 Å². The maximum Gasteiger partial charge on any atom is 0.191 e. The van der Waals surface area contributed by atoms with Crippen molar-refractivity contribution < 1.29 is 8.42 Å². The van der Waals surface area contributed by atoms with Gasteiger partial charge in [0.25, 0.3) is 0 Å². The number of benzene rings is 1. The first-order valence-corrected chi connectivity index (χ1v) is 11.7. The van der Waals surface area contributed by atoms with Crippen LogP contribution in [0.5, 0.6) is 0 Å². The van der Waals surface area contributed by atoms with Crippen molar-refractivity contribution in [1.29, 1.82) is 0 Å². The minimum atomic E-state index is -3.18. The molecule has 0 radical (unpaired) electrons. The Labute approximate surface area is 164 Å². The fourth-order valence-electron chi connectivity index (χ4n) is 3.56. The first-order chi connectivity index (χ1) is 12.8. The third-order valence-corrected chi connectivity index (χ3v) is 6.12. The van der Waals surface area contributed by atoms with E-state index in [9.17, 15) is 8.42 Å². The number of guanidine groups is 1. The second kappa shape index (κ2) is 10.1. The zero-order valence-electron chi connectivity index (χ0n) is 17.1. The van der Waals surface area contributed by atoms with Gasteiger partial charge in [-0.1, -0.05) is 19.1 Å². The van der Waals surface area contributed by atoms with Gasteiger partial charge in [0.1, 0.15) is 0 Å². The Morgan fingerprint density at radius 1 is 1.33 bits per heavy atom. The average molecular weight is 395 g/mol. The number of likely N-dealkylation sites (tertiary alicyclic amines) is 1. The molecule has 6 nitrogen and oxygen atoms in total. The summed E-state index contributed by atoms with van der Waals surface area (Å²) in [5, 5.41) is 6.68. The third-order valence-electron chi connectivity index (χ3n) is 4.86. The predicted molar refractivity (Wildman–Crippen MR) is 112 cm³/mol. The summed E-state index contributed by atoms with van der Waals surface area (Å²) >= 11 is 0. The molecule has 1 saturated heterocycles. The van der Waals surface area contributed by atoms with Crippen LogP contribution in [0.3, 0.4) is 0 Å². The fraction of sp³-hybridized carbons (Fsp3) is 0.650. The summed E-state index contributed by atoms with van der Waals surface area (Å²) in [6, 6.07) is 5.41. The number of aryl methyl sites for hydroxylation is 1. The highest BCUT2D eigenvalue weighted by molar-refractivity contribution is 7.90. The monoisotopic (exact) mass is 394 g/mol. The maximum absolute atomic E-state index is 11.7. The van der Waals surface area contributed by atoms with Crippen molar-refractivity contribution in [3.05, 3.63) is 29.3 Å². The van der Waals surface area contributed by atoms with E-state index in [0.717, 1.165) is 42.6 Å². The smallest absolute Gasteiger partial charge is 0.191 e. The molecule has 1 aliphatic heterocycles. The van der Waals surface area contributed by atoms with Gasteiger partial charge in [-0.2, -0.15) is 0 Å². The maximum atomic E-state index is 11.7. The van der Waals surface area contributed by atoms with E-state index in [2.05, 4.69) is 34.4 Å². The minimum Gasteiger partial charge on any atom is -0.357 e. The Bertz CT molecular complexity index is 746. The molecule has 0 aromatic heterocycles. The molecule has 7 heteroatoms. The highest BCUT2D eigenvalue weighted by Gasteiger charge is 2.15. The zero-order valence-corrected chi connectivity index (χ0v) is 17.9. The minimum absolute atomic E-state index is 0.385. The van der Waals surface area contributed by atoms with Gasteiger partial charge in [-0.3, -0.25) is 0 Å². The molecule has 1 aliphatic rings. The van der Waals surface area contributed by atoms with Crippen LogP contribution < -0.4 is 10.6 Å². The van der Waals surface area contributed by atoms with E-state index in [4.69, 9.17) is 0 Å². The largest absolute Gasteiger partial charge is 0.357 e. The van der Waals surface area contributed by atoms with E-state index in [0.29, 0.717) is 11.4 Å². The summed E-state index contributed by atoms with van der Waals surface area (Å²) in [4.78, 5) is 7.54. The topological polar surface area (TPSA) is 73.8 Å². The van der Waals surface area contributed by atoms with Gasteiger partial charge < -0.3 is 15.5 Å². The number of sulfone groups is 1. The van der Waals surface area contributed by atoms with Crippen LogP contribution in [0.4, 0.5) is 0 Å². The lowest BCUT2D eigenvalue weighted by Gasteiger charge is -2.30. The van der Waals surface area contributed by atoms with E-state index in [1.807, 2.05) is 19.1 Å². The van der Waals surface area contributed by atoms with Crippen LogP contribution in [0.15, 0.2) is 28.1 Å². The van der Waals surface area contributed by atoms with Crippen molar-refractivity contribution >= 4 is 15.8 Å². The molecular weight excluding hydrogens is 360 g/mol. The van der Waals surface area contributed by atoms with Gasteiger partial charge in [0.05, 0.1) is 11.4 Å². The predicted octanol–water partition coefficient (Wildman–Crippen LogP) is 2.19. The van der Waals surface area contributed by atoms with Crippen molar-refractivity contribution in [2.75, 3.05) is 39.0 Å². The molecule has 1 aromatic rings. The number of nitrogens with zero attached hydrogens (tertiary/aromatic N) is 2. The molecule has 0 saturated carbocycles. The van der Waals surface area contributed by atoms with Gasteiger partial charge in [0.2, 0.25) is 0 Å². The van der Waals surface area contributed by atoms with E-state index in [-0.39, 0.29) is 0 Å². The molecule has 0 spiro atoms. The highest BCUT2D eigenvalue weighted by Crippen LogP contribution is 2.17. The molecule has 1 aromatic carbocycles. The first-order valence-electron chi connectivity index (χ1n) is 9.83. The van der Waals surface area contributed by atoms with Gasteiger partial charge in [-0.25, -0.2) is 13.4 Å². The molecule has 0 bridgehead atoms. The Morgan fingerprint density at radius 2 is 2.11 bits per heavy atom. The molecule has 0 amide bonds. The Kier molecular flexibility index (Phi) is 8.10. The average Bonchev–Trinajstić information content (AvgIpc) is 2.58. The highest BCUT2D eigenvalue weighted by atomic mass is 32.2. The van der Waals surface area contributed by atoms with E-state index >= 15 is 0 Å². The van der Waals surface area contributed by atoms with Crippen molar-refractivity contribution in [3.63, 3.8) is 0 Å². The van der Waals surface area contributed by atoms with Gasteiger partial charge >= 0.3 is 0 Å². The van der Waals surface area contributed by atoms with Gasteiger partial charge in [-0.05, 0) is 56.3 Å². The van der Waals surface area contributed by atoms with Crippen molar-refractivity contribution in [3.8, 4) is 0 Å². The number of rotatable bonds is 7. The summed E-state index contributed by atoms with van der Waals surface area (Å²) < 4.78 is 23.5. The van der Waals surface area contributed by atoms with Crippen molar-refractivity contribution in [1.82, 2.24) is 15.5 Å². The third kappa shape index (κ3) is 7.14. The number of hydrogen-bond donors (Lipinski definition) is 2. The second-order valence-electron chi connectivity index (χ2n) is 7.54. The molecule has 152 valence electrons. The number of hydrogen-bond acceptors (Lipinski definition) is 4. The lowest BCUT2D eigenvalue weighted by molar-refractivity contribution is 0.187. The molecule has 0 aliphatic carbocycles. The van der Waals surface area contributed by atoms with Gasteiger partial charge in [0, 0.05) is 32.4 Å². The number of aliphatic imine (C=N–C) groups is 1. The quantitative estimate of drug-likeness (QED) is 0.548. The Balaban J connectivity index is 1.91. The standard InChI is InChI=1S/C20H34N4O2S/c1-5-21-20(22-10-12-24-11-6-7-16(2)15-24)23-14-18-8-9-19(17(3)13-18)27(4,25)26/h8-9,13,16H,5-7,10-12,14-15H2,1-4H3,(H2,21,22,23). The summed E-state index contributed by atoms with van der Waals surface area (Å²) in [5.74, 6) is 1.59. The fourth-order valence-corrected chi connectivity index (χ4v) is 4.52. The van der Waals surface area contributed by atoms with E-state index < -0.39 is 9.84 Å². The normalized spacial score (nSPS) is 19.1. The van der Waals surface area contributed by atoms with Crippen LogP contribution in [0, 0.1) is 12.8 Å². The van der Waals surface area contributed by atoms with Gasteiger partial charge in [0.15, 0.2) is 15.8 Å². The Hall–Kier alpha value is -1.60. The second-order valence-corrected chi connectivity index (χ2v) is 9.53. The molecule has 2 N–H and O–H groups in total. The Morgan fingerprint density at radius 3 is 2.74 bits per heavy atom. The van der Waals surface area contributed by atoms with E-state index in [1.54, 1.807) is 6.07 Å². The molecule has 1 fully saturated rings. The SMILES string of the molecule is CCNC(=NCc1ccc(S(C)(=O)=O)c(C)c1)NCCN1CCCC(C)C1. The lowest BCUT2D eigenvalue weighted by Crippen LogP contribution is -2.43. The molecule has 27 heavy (non-hydrogen) atoms. The van der Waals surface area contributed by atoms with Crippen molar-refractivity contribution in [2.45, 2.75) is 45.1 Å². The number of piperidine rings is 1. The molecule has 1 unspecified atom stereocenters. The van der Waals surface area contributed by atoms with Crippen LogP contribution in [0.1, 0.15) is 37.8 Å². The van der Waals surface area contributed by atoms with Crippen LogP contribution in [-0.2, 0) is 16.4 Å². The van der Waals surface area contributed by atoms with E-state index in [1.165, 1.54) is 32.2 Å². The lowest BCUT2D eigenvalue weighted by atomic mass is 10.0. The molecular formula is C20H34N4O2S.